The summed E-state index contributed by atoms with van der Waals surface area (Å²) in [6.45, 7) is 3.72. The van der Waals surface area contributed by atoms with Crippen molar-refractivity contribution in [3.8, 4) is 5.75 Å². The van der Waals surface area contributed by atoms with Crippen molar-refractivity contribution in [3.05, 3.63) is 47.6 Å². The minimum Gasteiger partial charge on any atom is -0.496 e. The Labute approximate surface area is 112 Å². The third-order valence-electron chi connectivity index (χ3n) is 2.64. The second-order valence-corrected chi connectivity index (χ2v) is 3.97. The molecule has 1 heterocycles. The largest absolute Gasteiger partial charge is 0.496 e. The number of allylic oxidation sites excluding steroid dienone is 1. The van der Waals surface area contributed by atoms with E-state index in [0.717, 1.165) is 23.0 Å². The van der Waals surface area contributed by atoms with E-state index in [9.17, 15) is 0 Å². The molecule has 0 atom stereocenters. The fraction of sp³-hybridized carbons (Fsp3) is 0.214. The monoisotopic (exact) mass is 256 g/mol. The quantitative estimate of drug-likeness (QED) is 0.789. The molecule has 0 saturated heterocycles. The standard InChI is InChI=1S/C14H16N4O/c1-11-16-17-12(2)18(11)15-10-6-8-13-7-4-5-9-14(13)19-3/h4-10H,1-3H3/b8-6+,15-10?. The Morgan fingerprint density at radius 1 is 1.16 bits per heavy atom. The van der Waals surface area contributed by atoms with Gasteiger partial charge in [-0.25, -0.2) is 4.68 Å². The summed E-state index contributed by atoms with van der Waals surface area (Å²) in [5.74, 6) is 2.36. The summed E-state index contributed by atoms with van der Waals surface area (Å²) in [7, 11) is 1.66. The van der Waals surface area contributed by atoms with Gasteiger partial charge in [0, 0.05) is 11.8 Å². The molecule has 0 aliphatic carbocycles. The molecule has 98 valence electrons. The van der Waals surface area contributed by atoms with Gasteiger partial charge in [0.2, 0.25) is 0 Å². The highest BCUT2D eigenvalue weighted by Crippen LogP contribution is 2.18. The van der Waals surface area contributed by atoms with Crippen LogP contribution in [0.25, 0.3) is 6.08 Å². The van der Waals surface area contributed by atoms with Gasteiger partial charge in [-0.1, -0.05) is 18.2 Å². The van der Waals surface area contributed by atoms with Crippen molar-refractivity contribution in [2.75, 3.05) is 7.11 Å². The van der Waals surface area contributed by atoms with E-state index < -0.39 is 0 Å². The first-order valence-corrected chi connectivity index (χ1v) is 5.95. The number of nitrogens with zero attached hydrogens (tertiary/aromatic N) is 4. The second kappa shape index (κ2) is 5.95. The number of aryl methyl sites for hydroxylation is 2. The van der Waals surface area contributed by atoms with Gasteiger partial charge in [0.15, 0.2) is 11.6 Å². The molecule has 5 heteroatoms. The van der Waals surface area contributed by atoms with Crippen LogP contribution in [0.3, 0.4) is 0 Å². The molecule has 0 bridgehead atoms. The second-order valence-electron chi connectivity index (χ2n) is 3.97. The molecule has 0 spiro atoms. The number of ether oxygens (including phenoxy) is 1. The fourth-order valence-corrected chi connectivity index (χ4v) is 1.69. The van der Waals surface area contributed by atoms with E-state index in [0.29, 0.717) is 0 Å². The Balaban J connectivity index is 2.12. The maximum atomic E-state index is 5.27. The van der Waals surface area contributed by atoms with E-state index in [2.05, 4.69) is 15.3 Å². The van der Waals surface area contributed by atoms with Gasteiger partial charge in [-0.2, -0.15) is 5.10 Å². The highest BCUT2D eigenvalue weighted by atomic mass is 16.5. The van der Waals surface area contributed by atoms with Gasteiger partial charge in [0.1, 0.15) is 5.75 Å². The molecule has 0 aliphatic heterocycles. The molecule has 5 nitrogen and oxygen atoms in total. The molecule has 1 aromatic heterocycles. The molecule has 0 unspecified atom stereocenters. The lowest BCUT2D eigenvalue weighted by atomic mass is 10.2. The summed E-state index contributed by atoms with van der Waals surface area (Å²) in [6.07, 6.45) is 5.50. The summed E-state index contributed by atoms with van der Waals surface area (Å²) in [5.41, 5.74) is 1.01. The Kier molecular flexibility index (Phi) is 4.07. The van der Waals surface area contributed by atoms with Gasteiger partial charge >= 0.3 is 0 Å². The molecule has 0 fully saturated rings. The van der Waals surface area contributed by atoms with E-state index >= 15 is 0 Å². The van der Waals surface area contributed by atoms with Crippen LogP contribution in [0.5, 0.6) is 5.75 Å². The molecule has 1 aromatic carbocycles. The molecule has 0 amide bonds. The molecule has 2 rings (SSSR count). The number of hydrogen-bond acceptors (Lipinski definition) is 4. The molecular weight excluding hydrogens is 240 g/mol. The zero-order valence-corrected chi connectivity index (χ0v) is 11.2. The van der Waals surface area contributed by atoms with Gasteiger partial charge in [-0.05, 0) is 32.1 Å². The van der Waals surface area contributed by atoms with Crippen LogP contribution in [0.1, 0.15) is 17.2 Å². The van der Waals surface area contributed by atoms with Gasteiger partial charge in [-0.15, -0.1) is 10.2 Å². The van der Waals surface area contributed by atoms with Crippen LogP contribution in [-0.4, -0.2) is 28.2 Å². The van der Waals surface area contributed by atoms with Crippen molar-refractivity contribution in [2.24, 2.45) is 5.10 Å². The molecule has 0 radical (unpaired) electrons. The minimum absolute atomic E-state index is 0.763. The molecular formula is C14H16N4O. The maximum absolute atomic E-state index is 5.27. The van der Waals surface area contributed by atoms with Crippen LogP contribution >= 0.6 is 0 Å². The Morgan fingerprint density at radius 2 is 1.84 bits per heavy atom. The van der Waals surface area contributed by atoms with Gasteiger partial charge < -0.3 is 4.74 Å². The van der Waals surface area contributed by atoms with E-state index in [-0.39, 0.29) is 0 Å². The smallest absolute Gasteiger partial charge is 0.151 e. The zero-order valence-electron chi connectivity index (χ0n) is 11.2. The van der Waals surface area contributed by atoms with Crippen LogP contribution in [0.4, 0.5) is 0 Å². The lowest BCUT2D eigenvalue weighted by molar-refractivity contribution is 0.414. The third-order valence-corrected chi connectivity index (χ3v) is 2.64. The molecule has 0 aliphatic rings. The number of methoxy groups -OCH3 is 1. The summed E-state index contributed by atoms with van der Waals surface area (Å²) < 4.78 is 6.95. The molecule has 0 saturated carbocycles. The van der Waals surface area contributed by atoms with Crippen molar-refractivity contribution < 1.29 is 4.74 Å². The predicted molar refractivity (Wildman–Crippen MR) is 75.4 cm³/mol. The number of benzene rings is 1. The first kappa shape index (κ1) is 13.0. The number of para-hydroxylation sites is 1. The lowest BCUT2D eigenvalue weighted by Crippen LogP contribution is -1.94. The summed E-state index contributed by atoms with van der Waals surface area (Å²) in [6, 6.07) is 7.81. The molecule has 0 N–H and O–H groups in total. The van der Waals surface area contributed by atoms with Gasteiger partial charge in [-0.3, -0.25) is 0 Å². The number of aromatic nitrogens is 3. The van der Waals surface area contributed by atoms with Crippen molar-refractivity contribution in [3.63, 3.8) is 0 Å². The van der Waals surface area contributed by atoms with Crippen LogP contribution in [0.2, 0.25) is 0 Å². The average Bonchev–Trinajstić information content (AvgIpc) is 2.75. The van der Waals surface area contributed by atoms with Crippen molar-refractivity contribution in [1.29, 1.82) is 0 Å². The van der Waals surface area contributed by atoms with Gasteiger partial charge in [0.25, 0.3) is 0 Å². The first-order chi connectivity index (χ1) is 9.22. The van der Waals surface area contributed by atoms with Crippen LogP contribution < -0.4 is 4.74 Å². The van der Waals surface area contributed by atoms with Crippen LogP contribution in [0.15, 0.2) is 35.4 Å². The number of rotatable bonds is 4. The van der Waals surface area contributed by atoms with Crippen molar-refractivity contribution >= 4 is 12.3 Å². The van der Waals surface area contributed by atoms with Crippen molar-refractivity contribution in [1.82, 2.24) is 14.9 Å². The van der Waals surface area contributed by atoms with Gasteiger partial charge in [0.05, 0.1) is 7.11 Å². The molecule has 2 aromatic rings. The van der Waals surface area contributed by atoms with Crippen molar-refractivity contribution in [2.45, 2.75) is 13.8 Å². The highest BCUT2D eigenvalue weighted by molar-refractivity contribution is 5.79. The molecule has 19 heavy (non-hydrogen) atoms. The van der Waals surface area contributed by atoms with E-state index in [1.165, 1.54) is 0 Å². The van der Waals surface area contributed by atoms with E-state index in [1.54, 1.807) is 18.0 Å². The Bertz CT molecular complexity index is 594. The zero-order chi connectivity index (χ0) is 13.7. The first-order valence-electron chi connectivity index (χ1n) is 5.95. The topological polar surface area (TPSA) is 52.3 Å². The third kappa shape index (κ3) is 3.07. The van der Waals surface area contributed by atoms with E-state index in [4.69, 9.17) is 4.74 Å². The predicted octanol–water partition coefficient (Wildman–Crippen LogP) is 2.45. The SMILES string of the molecule is COc1ccccc1/C=C/C=Nn1c(C)nnc1C. The number of hydrogen-bond donors (Lipinski definition) is 0. The minimum atomic E-state index is 0.763. The lowest BCUT2D eigenvalue weighted by Gasteiger charge is -2.02. The fourth-order valence-electron chi connectivity index (χ4n) is 1.69. The van der Waals surface area contributed by atoms with E-state index in [1.807, 2.05) is 50.3 Å². The average molecular weight is 256 g/mol. The summed E-state index contributed by atoms with van der Waals surface area (Å²) in [4.78, 5) is 0. The maximum Gasteiger partial charge on any atom is 0.151 e. The highest BCUT2D eigenvalue weighted by Gasteiger charge is 2.00. The summed E-state index contributed by atoms with van der Waals surface area (Å²) >= 11 is 0. The normalized spacial score (nSPS) is 11.5. The van der Waals surface area contributed by atoms with Crippen LogP contribution in [0, 0.1) is 13.8 Å². The van der Waals surface area contributed by atoms with Crippen LogP contribution in [-0.2, 0) is 0 Å². The summed E-state index contributed by atoms with van der Waals surface area (Å²) in [5, 5.41) is 12.1. The Hall–Kier alpha value is -2.43. The Morgan fingerprint density at radius 3 is 2.53 bits per heavy atom.